The minimum Gasteiger partial charge on any atom is -0.370 e. The van der Waals surface area contributed by atoms with Crippen molar-refractivity contribution in [1.29, 1.82) is 0 Å². The van der Waals surface area contributed by atoms with Crippen molar-refractivity contribution in [2.75, 3.05) is 19.8 Å². The molecule has 0 aromatic heterocycles. The van der Waals surface area contributed by atoms with E-state index in [1.54, 1.807) is 25.1 Å². The number of carbonyl (C=O) groups is 1. The maximum Gasteiger partial charge on any atom is 0.246 e. The molecule has 17 heavy (non-hydrogen) atoms. The number of hydrogen-bond donors (Lipinski definition) is 2. The molecule has 1 aromatic rings. The van der Waals surface area contributed by atoms with Gasteiger partial charge in [0.25, 0.3) is 0 Å². The molecule has 5 heteroatoms. The summed E-state index contributed by atoms with van der Waals surface area (Å²) in [5.41, 5.74) is 5.68. The van der Waals surface area contributed by atoms with Crippen LogP contribution >= 0.6 is 0 Å². The van der Waals surface area contributed by atoms with E-state index >= 15 is 0 Å². The lowest BCUT2D eigenvalue weighted by Crippen LogP contribution is -2.31. The first-order chi connectivity index (χ1) is 8.15. The summed E-state index contributed by atoms with van der Waals surface area (Å²) in [4.78, 5) is 11.4. The zero-order chi connectivity index (χ0) is 12.7. The average molecular weight is 240 g/mol. The molecule has 0 aliphatic rings. The molecule has 0 fully saturated rings. The third-order valence-corrected chi connectivity index (χ3v) is 2.24. The molecule has 0 saturated carbocycles. The van der Waals surface area contributed by atoms with Crippen LogP contribution in [0.4, 0.5) is 4.39 Å². The van der Waals surface area contributed by atoms with Crippen LogP contribution in [0.2, 0.25) is 0 Å². The van der Waals surface area contributed by atoms with Gasteiger partial charge in [-0.3, -0.25) is 4.79 Å². The van der Waals surface area contributed by atoms with Crippen molar-refractivity contribution >= 4 is 5.91 Å². The molecular formula is C12H17FN2O2. The lowest BCUT2D eigenvalue weighted by atomic mass is 10.1. The van der Waals surface area contributed by atoms with E-state index in [2.05, 4.69) is 5.32 Å². The van der Waals surface area contributed by atoms with E-state index in [9.17, 15) is 9.18 Å². The second-order valence-electron chi connectivity index (χ2n) is 3.65. The van der Waals surface area contributed by atoms with Crippen molar-refractivity contribution in [3.8, 4) is 0 Å². The predicted molar refractivity (Wildman–Crippen MR) is 62.8 cm³/mol. The third-order valence-electron chi connectivity index (χ3n) is 2.24. The van der Waals surface area contributed by atoms with E-state index in [1.165, 1.54) is 6.07 Å². The van der Waals surface area contributed by atoms with E-state index in [1.807, 2.05) is 0 Å². The quantitative estimate of drug-likeness (QED) is 0.728. The Kier molecular flexibility index (Phi) is 5.59. The Labute approximate surface area is 100.0 Å². The predicted octanol–water partition coefficient (Wildman–Crippen LogP) is 0.978. The van der Waals surface area contributed by atoms with Crippen LogP contribution in [0, 0.1) is 5.82 Å². The van der Waals surface area contributed by atoms with Gasteiger partial charge in [-0.05, 0) is 13.0 Å². The normalized spacial score (nSPS) is 12.2. The molecule has 0 radical (unpaired) electrons. The first-order valence-electron chi connectivity index (χ1n) is 5.46. The fourth-order valence-electron chi connectivity index (χ4n) is 1.44. The summed E-state index contributed by atoms with van der Waals surface area (Å²) in [5, 5.41) is 2.65. The molecule has 0 heterocycles. The van der Waals surface area contributed by atoms with Gasteiger partial charge < -0.3 is 15.8 Å². The van der Waals surface area contributed by atoms with Gasteiger partial charge in [-0.25, -0.2) is 4.39 Å². The number of carbonyl (C=O) groups excluding carboxylic acids is 1. The Hall–Kier alpha value is -1.46. The number of halogens is 1. The topological polar surface area (TPSA) is 64.3 Å². The second-order valence-corrected chi connectivity index (χ2v) is 3.65. The van der Waals surface area contributed by atoms with Crippen molar-refractivity contribution in [2.24, 2.45) is 5.73 Å². The van der Waals surface area contributed by atoms with Crippen molar-refractivity contribution in [3.63, 3.8) is 0 Å². The van der Waals surface area contributed by atoms with E-state index < -0.39 is 0 Å². The first kappa shape index (κ1) is 13.6. The molecule has 0 bridgehead atoms. The van der Waals surface area contributed by atoms with Crippen LogP contribution in [0.25, 0.3) is 0 Å². The second kappa shape index (κ2) is 6.98. The maximum absolute atomic E-state index is 13.4. The maximum atomic E-state index is 13.4. The Balaban J connectivity index is 2.46. The minimum atomic E-state index is -0.384. The number of ether oxygens (including phenoxy) is 1. The van der Waals surface area contributed by atoms with E-state index in [4.69, 9.17) is 10.5 Å². The smallest absolute Gasteiger partial charge is 0.246 e. The molecule has 0 spiro atoms. The summed E-state index contributed by atoms with van der Waals surface area (Å²) in [6.45, 7) is 2.37. The van der Waals surface area contributed by atoms with Gasteiger partial charge >= 0.3 is 0 Å². The number of rotatable bonds is 6. The van der Waals surface area contributed by atoms with Crippen molar-refractivity contribution in [2.45, 2.75) is 13.0 Å². The first-order valence-corrected chi connectivity index (χ1v) is 5.46. The lowest BCUT2D eigenvalue weighted by molar-refractivity contribution is -0.126. The SMILES string of the molecule is CC(NC(=O)COCCN)c1ccccc1F. The van der Waals surface area contributed by atoms with Crippen LogP contribution in [-0.2, 0) is 9.53 Å². The molecule has 1 aromatic carbocycles. The zero-order valence-electron chi connectivity index (χ0n) is 9.78. The van der Waals surface area contributed by atoms with Crippen molar-refractivity contribution in [1.82, 2.24) is 5.32 Å². The molecular weight excluding hydrogens is 223 g/mol. The van der Waals surface area contributed by atoms with Crippen LogP contribution in [0.5, 0.6) is 0 Å². The summed E-state index contributed by atoms with van der Waals surface area (Å²) in [5.74, 6) is -0.614. The van der Waals surface area contributed by atoms with Crippen LogP contribution in [-0.4, -0.2) is 25.7 Å². The number of nitrogens with two attached hydrogens (primary N) is 1. The van der Waals surface area contributed by atoms with Gasteiger partial charge in [-0.15, -0.1) is 0 Å². The summed E-state index contributed by atoms with van der Waals surface area (Å²) < 4.78 is 18.4. The highest BCUT2D eigenvalue weighted by Gasteiger charge is 2.12. The monoisotopic (exact) mass is 240 g/mol. The highest BCUT2D eigenvalue weighted by atomic mass is 19.1. The molecule has 0 aliphatic carbocycles. The highest BCUT2D eigenvalue weighted by Crippen LogP contribution is 2.15. The van der Waals surface area contributed by atoms with Gasteiger partial charge in [0, 0.05) is 12.1 Å². The van der Waals surface area contributed by atoms with Gasteiger partial charge in [-0.1, -0.05) is 18.2 Å². The molecule has 1 atom stereocenters. The van der Waals surface area contributed by atoms with Crippen LogP contribution in [0.3, 0.4) is 0 Å². The van der Waals surface area contributed by atoms with Gasteiger partial charge in [0.05, 0.1) is 12.6 Å². The number of hydrogen-bond acceptors (Lipinski definition) is 3. The zero-order valence-corrected chi connectivity index (χ0v) is 9.78. The van der Waals surface area contributed by atoms with Crippen molar-refractivity contribution < 1.29 is 13.9 Å². The Bertz CT molecular complexity index is 371. The van der Waals surface area contributed by atoms with Crippen LogP contribution < -0.4 is 11.1 Å². The van der Waals surface area contributed by atoms with E-state index in [-0.39, 0.29) is 24.4 Å². The molecule has 0 aliphatic heterocycles. The summed E-state index contributed by atoms with van der Waals surface area (Å²) >= 11 is 0. The molecule has 1 unspecified atom stereocenters. The van der Waals surface area contributed by atoms with Gasteiger partial charge in [-0.2, -0.15) is 0 Å². The molecule has 3 N–H and O–H groups in total. The Morgan fingerprint density at radius 2 is 2.24 bits per heavy atom. The third kappa shape index (κ3) is 4.50. The van der Waals surface area contributed by atoms with Gasteiger partial charge in [0.2, 0.25) is 5.91 Å². The largest absolute Gasteiger partial charge is 0.370 e. The molecule has 1 amide bonds. The fourth-order valence-corrected chi connectivity index (χ4v) is 1.44. The average Bonchev–Trinajstić information content (AvgIpc) is 2.29. The standard InChI is InChI=1S/C12H17FN2O2/c1-9(10-4-2-3-5-11(10)13)15-12(16)8-17-7-6-14/h2-5,9H,6-8,14H2,1H3,(H,15,16). The lowest BCUT2D eigenvalue weighted by Gasteiger charge is -2.14. The summed E-state index contributed by atoms with van der Waals surface area (Å²) in [6.07, 6.45) is 0. The number of nitrogens with one attached hydrogen (secondary N) is 1. The Morgan fingerprint density at radius 3 is 2.88 bits per heavy atom. The highest BCUT2D eigenvalue weighted by molar-refractivity contribution is 5.77. The van der Waals surface area contributed by atoms with E-state index in [0.29, 0.717) is 18.7 Å². The minimum absolute atomic E-state index is 0.0595. The molecule has 1 rings (SSSR count). The molecule has 94 valence electrons. The van der Waals surface area contributed by atoms with E-state index in [0.717, 1.165) is 0 Å². The fraction of sp³-hybridized carbons (Fsp3) is 0.417. The number of amides is 1. The Morgan fingerprint density at radius 1 is 1.53 bits per heavy atom. The van der Waals surface area contributed by atoms with Gasteiger partial charge in [0.15, 0.2) is 0 Å². The van der Waals surface area contributed by atoms with Gasteiger partial charge in [0.1, 0.15) is 12.4 Å². The summed E-state index contributed by atoms with van der Waals surface area (Å²) in [6, 6.07) is 5.96. The van der Waals surface area contributed by atoms with Crippen LogP contribution in [0.1, 0.15) is 18.5 Å². The summed E-state index contributed by atoms with van der Waals surface area (Å²) in [7, 11) is 0. The molecule has 0 saturated heterocycles. The molecule has 4 nitrogen and oxygen atoms in total. The van der Waals surface area contributed by atoms with Crippen LogP contribution in [0.15, 0.2) is 24.3 Å². The van der Waals surface area contributed by atoms with Crippen molar-refractivity contribution in [3.05, 3.63) is 35.6 Å². The number of benzene rings is 1.